The van der Waals surface area contributed by atoms with Gasteiger partial charge in [0.1, 0.15) is 0 Å². The van der Waals surface area contributed by atoms with Gasteiger partial charge >= 0.3 is 0 Å². The van der Waals surface area contributed by atoms with Crippen LogP contribution < -0.4 is 4.90 Å². The second kappa shape index (κ2) is 10.1. The molecule has 0 fully saturated rings. The third-order valence-corrected chi connectivity index (χ3v) is 9.92. The van der Waals surface area contributed by atoms with Crippen LogP contribution in [0.3, 0.4) is 0 Å². The molecule has 1 heterocycles. The first kappa shape index (κ1) is 25.1. The van der Waals surface area contributed by atoms with E-state index < -0.39 is 0 Å². The molecule has 0 aliphatic carbocycles. The normalized spacial score (nSPS) is 11.6. The van der Waals surface area contributed by atoms with Crippen LogP contribution in [0.2, 0.25) is 0 Å². The van der Waals surface area contributed by atoms with Crippen LogP contribution in [0.25, 0.3) is 63.6 Å². The number of thiophene rings is 1. The van der Waals surface area contributed by atoms with E-state index in [1.54, 1.807) is 0 Å². The Labute approximate surface area is 259 Å². The number of rotatable bonds is 4. The Bertz CT molecular complexity index is 2490. The Kier molecular flexibility index (Phi) is 5.75. The zero-order chi connectivity index (χ0) is 29.0. The highest BCUT2D eigenvalue weighted by atomic mass is 32.1. The summed E-state index contributed by atoms with van der Waals surface area (Å²) in [5, 5.41) is 10.2. The van der Waals surface area contributed by atoms with Crippen molar-refractivity contribution in [1.29, 1.82) is 0 Å². The standard InChI is InChI=1S/C42H27NS/c1-2-9-28(10-3-1)29-19-21-34(22-20-29)43(35-23-24-37-33(25-35)18-17-30-11-6-7-14-36(30)37)39-15-8-16-40-42(39)38-26-31-12-4-5-13-32(31)27-41(38)44-40/h1-27H. The Morgan fingerprint density at radius 1 is 0.364 bits per heavy atom. The molecule has 1 aromatic heterocycles. The average Bonchev–Trinajstić information content (AvgIpc) is 3.46. The summed E-state index contributed by atoms with van der Waals surface area (Å²) in [4.78, 5) is 2.44. The molecule has 8 aromatic carbocycles. The Morgan fingerprint density at radius 3 is 1.86 bits per heavy atom. The van der Waals surface area contributed by atoms with Gasteiger partial charge in [-0.25, -0.2) is 0 Å². The SMILES string of the molecule is c1ccc(-c2ccc(N(c3ccc4c(ccc5ccccc54)c3)c3cccc4sc5cc6ccccc6cc5c34)cc2)cc1. The Balaban J connectivity index is 1.29. The molecule has 0 N–H and O–H groups in total. The lowest BCUT2D eigenvalue weighted by molar-refractivity contribution is 1.31. The monoisotopic (exact) mass is 577 g/mol. The zero-order valence-electron chi connectivity index (χ0n) is 23.9. The van der Waals surface area contributed by atoms with Crippen LogP contribution in [0.5, 0.6) is 0 Å². The van der Waals surface area contributed by atoms with Crippen LogP contribution in [0.4, 0.5) is 17.1 Å². The van der Waals surface area contributed by atoms with E-state index in [9.17, 15) is 0 Å². The highest BCUT2D eigenvalue weighted by Gasteiger charge is 2.19. The van der Waals surface area contributed by atoms with E-state index in [1.807, 2.05) is 11.3 Å². The largest absolute Gasteiger partial charge is 0.310 e. The van der Waals surface area contributed by atoms with Gasteiger partial charge in [-0.1, -0.05) is 115 Å². The molecule has 9 aromatic rings. The van der Waals surface area contributed by atoms with E-state index >= 15 is 0 Å². The summed E-state index contributed by atoms with van der Waals surface area (Å²) in [6.45, 7) is 0. The Hall–Kier alpha value is -5.44. The third kappa shape index (κ3) is 4.07. The number of fused-ring (bicyclic) bond motifs is 7. The van der Waals surface area contributed by atoms with E-state index in [0.29, 0.717) is 0 Å². The summed E-state index contributed by atoms with van der Waals surface area (Å²) < 4.78 is 2.61. The highest BCUT2D eigenvalue weighted by Crippen LogP contribution is 2.46. The molecule has 2 heteroatoms. The molecule has 0 unspecified atom stereocenters. The first-order chi connectivity index (χ1) is 21.8. The zero-order valence-corrected chi connectivity index (χ0v) is 24.8. The van der Waals surface area contributed by atoms with Gasteiger partial charge < -0.3 is 4.90 Å². The van der Waals surface area contributed by atoms with Crippen molar-refractivity contribution in [2.75, 3.05) is 4.90 Å². The number of benzene rings is 8. The van der Waals surface area contributed by atoms with E-state index in [0.717, 1.165) is 11.4 Å². The molecular weight excluding hydrogens is 551 g/mol. The van der Waals surface area contributed by atoms with Crippen molar-refractivity contribution in [3.63, 3.8) is 0 Å². The lowest BCUT2D eigenvalue weighted by atomic mass is 10.00. The number of hydrogen-bond donors (Lipinski definition) is 0. The predicted molar refractivity (Wildman–Crippen MR) is 192 cm³/mol. The topological polar surface area (TPSA) is 3.24 Å². The van der Waals surface area contributed by atoms with Crippen LogP contribution in [0, 0.1) is 0 Å². The van der Waals surface area contributed by atoms with Gasteiger partial charge in [0.15, 0.2) is 0 Å². The maximum absolute atomic E-state index is 2.44. The molecule has 9 rings (SSSR count). The van der Waals surface area contributed by atoms with E-state index in [1.165, 1.54) is 69.3 Å². The molecule has 0 radical (unpaired) electrons. The van der Waals surface area contributed by atoms with Crippen molar-refractivity contribution in [1.82, 2.24) is 0 Å². The molecule has 1 nitrogen and oxygen atoms in total. The molecule has 0 amide bonds. The van der Waals surface area contributed by atoms with Crippen LogP contribution in [0.15, 0.2) is 164 Å². The van der Waals surface area contributed by atoms with Crippen molar-refractivity contribution in [2.45, 2.75) is 0 Å². The predicted octanol–water partition coefficient (Wildman–Crippen LogP) is 12.7. The fourth-order valence-electron chi connectivity index (χ4n) is 6.68. The van der Waals surface area contributed by atoms with Crippen molar-refractivity contribution >= 4 is 80.9 Å². The van der Waals surface area contributed by atoms with Crippen molar-refractivity contribution in [3.05, 3.63) is 164 Å². The van der Waals surface area contributed by atoms with Gasteiger partial charge in [-0.3, -0.25) is 0 Å². The maximum atomic E-state index is 2.44. The van der Waals surface area contributed by atoms with E-state index in [2.05, 4.69) is 169 Å². The van der Waals surface area contributed by atoms with E-state index in [-0.39, 0.29) is 0 Å². The highest BCUT2D eigenvalue weighted by molar-refractivity contribution is 7.26. The van der Waals surface area contributed by atoms with Crippen LogP contribution in [-0.2, 0) is 0 Å². The summed E-state index contributed by atoms with van der Waals surface area (Å²) in [5.41, 5.74) is 5.91. The van der Waals surface area contributed by atoms with Gasteiger partial charge in [0.2, 0.25) is 0 Å². The summed E-state index contributed by atoms with van der Waals surface area (Å²) in [6, 6.07) is 59.8. The molecular formula is C42H27NS. The first-order valence-corrected chi connectivity index (χ1v) is 15.8. The minimum Gasteiger partial charge on any atom is -0.310 e. The summed E-state index contributed by atoms with van der Waals surface area (Å²) in [7, 11) is 0. The van der Waals surface area contributed by atoms with Gasteiger partial charge in [-0.2, -0.15) is 0 Å². The van der Waals surface area contributed by atoms with Gasteiger partial charge in [0.05, 0.1) is 5.69 Å². The first-order valence-electron chi connectivity index (χ1n) is 15.0. The fourth-order valence-corrected chi connectivity index (χ4v) is 7.84. The van der Waals surface area contributed by atoms with Crippen LogP contribution >= 0.6 is 11.3 Å². The van der Waals surface area contributed by atoms with E-state index in [4.69, 9.17) is 0 Å². The second-order valence-electron chi connectivity index (χ2n) is 11.4. The Morgan fingerprint density at radius 2 is 1.02 bits per heavy atom. The van der Waals surface area contributed by atoms with Gasteiger partial charge in [-0.05, 0) is 92.0 Å². The molecule has 44 heavy (non-hydrogen) atoms. The number of nitrogens with zero attached hydrogens (tertiary/aromatic N) is 1. The molecule has 0 bridgehead atoms. The van der Waals surface area contributed by atoms with Crippen LogP contribution in [0.1, 0.15) is 0 Å². The summed E-state index contributed by atoms with van der Waals surface area (Å²) in [6.07, 6.45) is 0. The summed E-state index contributed by atoms with van der Waals surface area (Å²) in [5.74, 6) is 0. The summed E-state index contributed by atoms with van der Waals surface area (Å²) >= 11 is 1.88. The fraction of sp³-hybridized carbons (Fsp3) is 0. The average molecular weight is 578 g/mol. The van der Waals surface area contributed by atoms with Gasteiger partial charge in [0, 0.05) is 31.5 Å². The van der Waals surface area contributed by atoms with Crippen molar-refractivity contribution in [2.24, 2.45) is 0 Å². The van der Waals surface area contributed by atoms with Crippen molar-refractivity contribution in [3.8, 4) is 11.1 Å². The minimum absolute atomic E-state index is 1.14. The minimum atomic E-state index is 1.14. The smallest absolute Gasteiger partial charge is 0.0554 e. The number of anilines is 3. The third-order valence-electron chi connectivity index (χ3n) is 8.80. The molecule has 206 valence electrons. The second-order valence-corrected chi connectivity index (χ2v) is 12.5. The van der Waals surface area contributed by atoms with Gasteiger partial charge in [0.25, 0.3) is 0 Å². The molecule has 0 saturated carbocycles. The lowest BCUT2D eigenvalue weighted by Crippen LogP contribution is -2.10. The molecule has 0 aliphatic rings. The van der Waals surface area contributed by atoms with Crippen LogP contribution in [-0.4, -0.2) is 0 Å². The molecule has 0 aliphatic heterocycles. The maximum Gasteiger partial charge on any atom is 0.0554 e. The van der Waals surface area contributed by atoms with Crippen molar-refractivity contribution < 1.29 is 0 Å². The van der Waals surface area contributed by atoms with Gasteiger partial charge in [-0.15, -0.1) is 11.3 Å². The quantitative estimate of drug-likeness (QED) is 0.188. The molecule has 0 saturated heterocycles. The molecule has 0 atom stereocenters. The molecule has 0 spiro atoms. The lowest BCUT2D eigenvalue weighted by Gasteiger charge is -2.27. The number of hydrogen-bond acceptors (Lipinski definition) is 2.